The summed E-state index contributed by atoms with van der Waals surface area (Å²) < 4.78 is 1.16. The van der Waals surface area contributed by atoms with Crippen molar-refractivity contribution in [3.05, 3.63) is 131 Å². The number of hydrogen-bond acceptors (Lipinski definition) is 0. The fraction of sp³-hybridized carbons (Fsp3) is 0.0556. The highest BCUT2D eigenvalue weighted by molar-refractivity contribution is 9.10. The molecule has 0 unspecified atom stereocenters. The standard InChI is InChI=1S/C36H25Br/c1-22-18-32-25(16-17-26-21-34(37)23(2)19-33(26)32)20-31(22)36-29-14-8-6-12-27(29)35(24-10-4-3-5-11-24)28-13-7-9-15-30(28)36/h3-21H,1-2H3. The van der Waals surface area contributed by atoms with E-state index >= 15 is 0 Å². The summed E-state index contributed by atoms with van der Waals surface area (Å²) in [5, 5.41) is 10.3. The normalized spacial score (nSPS) is 11.6. The zero-order valence-corrected chi connectivity index (χ0v) is 22.4. The first-order chi connectivity index (χ1) is 18.1. The summed E-state index contributed by atoms with van der Waals surface area (Å²) in [4.78, 5) is 0. The number of rotatable bonds is 2. The maximum atomic E-state index is 3.71. The van der Waals surface area contributed by atoms with Crippen molar-refractivity contribution >= 4 is 59.0 Å². The maximum absolute atomic E-state index is 3.71. The van der Waals surface area contributed by atoms with Crippen molar-refractivity contribution in [1.29, 1.82) is 0 Å². The van der Waals surface area contributed by atoms with Gasteiger partial charge < -0.3 is 0 Å². The molecule has 0 radical (unpaired) electrons. The lowest BCUT2D eigenvalue weighted by molar-refractivity contribution is 1.46. The average Bonchev–Trinajstić information content (AvgIpc) is 2.93. The zero-order valence-electron chi connectivity index (χ0n) is 20.8. The largest absolute Gasteiger partial charge is 0.0622 e. The van der Waals surface area contributed by atoms with Crippen LogP contribution >= 0.6 is 15.9 Å². The highest BCUT2D eigenvalue weighted by Gasteiger charge is 2.18. The van der Waals surface area contributed by atoms with Crippen LogP contribution in [0.2, 0.25) is 0 Å². The van der Waals surface area contributed by atoms with Crippen molar-refractivity contribution in [3.8, 4) is 22.3 Å². The Morgan fingerprint density at radius 2 is 0.919 bits per heavy atom. The molecule has 0 fully saturated rings. The van der Waals surface area contributed by atoms with Crippen LogP contribution in [0.5, 0.6) is 0 Å². The molecule has 0 N–H and O–H groups in total. The summed E-state index contributed by atoms with van der Waals surface area (Å²) in [6.07, 6.45) is 0. The van der Waals surface area contributed by atoms with Gasteiger partial charge in [0, 0.05) is 4.47 Å². The summed E-state index contributed by atoms with van der Waals surface area (Å²) in [7, 11) is 0. The molecule has 176 valence electrons. The summed E-state index contributed by atoms with van der Waals surface area (Å²) in [6, 6.07) is 42.4. The number of fused-ring (bicyclic) bond motifs is 5. The van der Waals surface area contributed by atoms with Gasteiger partial charge in [-0.25, -0.2) is 0 Å². The molecule has 0 aliphatic heterocycles. The van der Waals surface area contributed by atoms with E-state index in [9.17, 15) is 0 Å². The van der Waals surface area contributed by atoms with E-state index in [-0.39, 0.29) is 0 Å². The van der Waals surface area contributed by atoms with E-state index in [1.807, 2.05) is 0 Å². The van der Waals surface area contributed by atoms with Gasteiger partial charge in [-0.2, -0.15) is 0 Å². The molecule has 7 aromatic rings. The quantitative estimate of drug-likeness (QED) is 0.152. The number of aryl methyl sites for hydroxylation is 2. The Kier molecular flexibility index (Phi) is 5.16. The van der Waals surface area contributed by atoms with E-state index in [1.54, 1.807) is 0 Å². The highest BCUT2D eigenvalue weighted by Crippen LogP contribution is 2.45. The van der Waals surface area contributed by atoms with E-state index in [0.717, 1.165) is 4.47 Å². The predicted octanol–water partition coefficient (Wildman–Crippen LogP) is 11.0. The summed E-state index contributed by atoms with van der Waals surface area (Å²) >= 11 is 3.71. The molecule has 0 amide bonds. The first-order valence-electron chi connectivity index (χ1n) is 12.7. The molecule has 1 heteroatoms. The van der Waals surface area contributed by atoms with Gasteiger partial charge in [-0.3, -0.25) is 0 Å². The smallest absolute Gasteiger partial charge is 0.0210 e. The van der Waals surface area contributed by atoms with Gasteiger partial charge in [-0.05, 0) is 109 Å². The topological polar surface area (TPSA) is 0 Å². The minimum Gasteiger partial charge on any atom is -0.0622 e. The van der Waals surface area contributed by atoms with Crippen molar-refractivity contribution < 1.29 is 0 Å². The average molecular weight is 538 g/mol. The van der Waals surface area contributed by atoms with E-state index in [1.165, 1.54) is 76.5 Å². The Labute approximate surface area is 225 Å². The molecule has 0 aromatic heterocycles. The van der Waals surface area contributed by atoms with Crippen LogP contribution in [0, 0.1) is 13.8 Å². The lowest BCUT2D eigenvalue weighted by atomic mass is 9.84. The van der Waals surface area contributed by atoms with Crippen LogP contribution in [-0.2, 0) is 0 Å². The van der Waals surface area contributed by atoms with Crippen molar-refractivity contribution in [2.45, 2.75) is 13.8 Å². The van der Waals surface area contributed by atoms with Gasteiger partial charge >= 0.3 is 0 Å². The molecule has 7 aromatic carbocycles. The van der Waals surface area contributed by atoms with Gasteiger partial charge in [-0.1, -0.05) is 113 Å². The Balaban J connectivity index is 1.60. The van der Waals surface area contributed by atoms with Gasteiger partial charge in [0.15, 0.2) is 0 Å². The summed E-state index contributed by atoms with van der Waals surface area (Å²) in [5.41, 5.74) is 7.73. The van der Waals surface area contributed by atoms with Crippen molar-refractivity contribution in [1.82, 2.24) is 0 Å². The molecule has 37 heavy (non-hydrogen) atoms. The minimum absolute atomic E-state index is 1.16. The lowest BCUT2D eigenvalue weighted by Crippen LogP contribution is -1.93. The van der Waals surface area contributed by atoms with Crippen molar-refractivity contribution in [3.63, 3.8) is 0 Å². The summed E-state index contributed by atoms with van der Waals surface area (Å²) in [5.74, 6) is 0. The third kappa shape index (κ3) is 3.49. The van der Waals surface area contributed by atoms with E-state index < -0.39 is 0 Å². The first kappa shape index (κ1) is 22.3. The molecular formula is C36H25Br. The molecule has 0 heterocycles. The molecule has 0 aliphatic rings. The Hall–Kier alpha value is -3.94. The second-order valence-electron chi connectivity index (χ2n) is 9.98. The van der Waals surface area contributed by atoms with Gasteiger partial charge in [0.1, 0.15) is 0 Å². The maximum Gasteiger partial charge on any atom is 0.0210 e. The van der Waals surface area contributed by atoms with Gasteiger partial charge in [0.05, 0.1) is 0 Å². The monoisotopic (exact) mass is 536 g/mol. The molecule has 0 bridgehead atoms. The fourth-order valence-corrected chi connectivity index (χ4v) is 6.31. The fourth-order valence-electron chi connectivity index (χ4n) is 5.95. The Morgan fingerprint density at radius 3 is 1.51 bits per heavy atom. The van der Waals surface area contributed by atoms with Crippen molar-refractivity contribution in [2.24, 2.45) is 0 Å². The first-order valence-corrected chi connectivity index (χ1v) is 13.5. The van der Waals surface area contributed by atoms with Crippen LogP contribution in [0.3, 0.4) is 0 Å². The molecule has 7 rings (SSSR count). The Morgan fingerprint density at radius 1 is 0.432 bits per heavy atom. The van der Waals surface area contributed by atoms with Gasteiger partial charge in [0.2, 0.25) is 0 Å². The van der Waals surface area contributed by atoms with E-state index in [2.05, 4.69) is 145 Å². The zero-order chi connectivity index (χ0) is 25.1. The van der Waals surface area contributed by atoms with Gasteiger partial charge in [0.25, 0.3) is 0 Å². The molecular weight excluding hydrogens is 512 g/mol. The minimum atomic E-state index is 1.16. The van der Waals surface area contributed by atoms with E-state index in [4.69, 9.17) is 0 Å². The number of benzene rings is 7. The van der Waals surface area contributed by atoms with Crippen LogP contribution in [-0.4, -0.2) is 0 Å². The molecule has 0 nitrogen and oxygen atoms in total. The third-order valence-corrected chi connectivity index (χ3v) is 8.58. The number of halogens is 1. The number of hydrogen-bond donors (Lipinski definition) is 0. The second-order valence-corrected chi connectivity index (χ2v) is 10.8. The highest BCUT2D eigenvalue weighted by atomic mass is 79.9. The summed E-state index contributed by atoms with van der Waals surface area (Å²) in [6.45, 7) is 4.42. The SMILES string of the molecule is Cc1cc2c(ccc3cc(-c4c5ccccc5c(-c5ccccc5)c5ccccc45)c(C)cc32)cc1Br. The second kappa shape index (κ2) is 8.57. The van der Waals surface area contributed by atoms with Crippen LogP contribution in [0.1, 0.15) is 11.1 Å². The van der Waals surface area contributed by atoms with Crippen LogP contribution in [0.25, 0.3) is 65.3 Å². The van der Waals surface area contributed by atoms with Crippen LogP contribution in [0.15, 0.2) is 120 Å². The lowest BCUT2D eigenvalue weighted by Gasteiger charge is -2.19. The molecule has 0 atom stereocenters. The molecule has 0 spiro atoms. The van der Waals surface area contributed by atoms with Crippen molar-refractivity contribution in [2.75, 3.05) is 0 Å². The van der Waals surface area contributed by atoms with Crippen LogP contribution in [0.4, 0.5) is 0 Å². The Bertz CT molecular complexity index is 1940. The van der Waals surface area contributed by atoms with Crippen LogP contribution < -0.4 is 0 Å². The predicted molar refractivity (Wildman–Crippen MR) is 165 cm³/mol. The molecule has 0 aliphatic carbocycles. The molecule has 0 saturated heterocycles. The van der Waals surface area contributed by atoms with E-state index in [0.29, 0.717) is 0 Å². The van der Waals surface area contributed by atoms with Gasteiger partial charge in [-0.15, -0.1) is 0 Å². The third-order valence-electron chi connectivity index (χ3n) is 7.72. The molecule has 0 saturated carbocycles.